The van der Waals surface area contributed by atoms with E-state index in [4.69, 9.17) is 0 Å². The highest BCUT2D eigenvalue weighted by molar-refractivity contribution is 7.13. The van der Waals surface area contributed by atoms with Crippen LogP contribution < -0.4 is 20.4 Å². The number of imide groups is 1. The number of amides is 5. The third-order valence-electron chi connectivity index (χ3n) is 12.9. The summed E-state index contributed by atoms with van der Waals surface area (Å²) >= 11 is 1.29. The first-order valence-corrected chi connectivity index (χ1v) is 22.0. The smallest absolute Gasteiger partial charge is 0.328 e. The topological polar surface area (TPSA) is 139 Å². The number of hydrogen-bond donors (Lipinski definition) is 2. The Morgan fingerprint density at radius 1 is 0.869 bits per heavy atom. The number of benzene rings is 3. The number of carbonyl (C=O) groups is 4. The lowest BCUT2D eigenvalue weighted by Gasteiger charge is -2.43. The SMILES string of the molecule is O=C1CCN(c2ccc(CN3CCC(N4CCN(c5ccc(-c6cc(F)c7c(c6)C(=O)N(C(C(=O)Nc6nccs6)c6ncn8c6CCC8)C7)cc5)CC4)CC3)cc2)C(=O)N1. The number of urea groups is 1. The van der Waals surface area contributed by atoms with Crippen LogP contribution in [0, 0.1) is 5.82 Å². The third kappa shape index (κ3) is 7.79. The van der Waals surface area contributed by atoms with Crippen LogP contribution in [0.5, 0.6) is 0 Å². The molecule has 7 heterocycles. The Balaban J connectivity index is 0.743. The largest absolute Gasteiger partial charge is 0.369 e. The number of imidazole rings is 1. The Hall–Kier alpha value is -5.97. The number of hydrogen-bond acceptors (Lipinski definition) is 10. The van der Waals surface area contributed by atoms with Crippen LogP contribution in [0.3, 0.4) is 0 Å². The molecule has 16 heteroatoms. The average Bonchev–Trinajstić information content (AvgIpc) is 4.10. The molecule has 314 valence electrons. The molecule has 0 bridgehead atoms. The monoisotopic (exact) mass is 842 g/mol. The second-order valence-corrected chi connectivity index (χ2v) is 17.4. The fourth-order valence-corrected chi connectivity index (χ4v) is 10.2. The molecule has 0 aliphatic carbocycles. The molecule has 5 aliphatic heterocycles. The summed E-state index contributed by atoms with van der Waals surface area (Å²) in [5.41, 5.74) is 6.56. The van der Waals surface area contributed by atoms with Gasteiger partial charge < -0.3 is 14.4 Å². The van der Waals surface area contributed by atoms with Crippen molar-refractivity contribution < 1.29 is 23.6 Å². The minimum atomic E-state index is -1.03. The molecular formula is C45H47FN10O4S. The van der Waals surface area contributed by atoms with E-state index < -0.39 is 23.7 Å². The van der Waals surface area contributed by atoms with Crippen molar-refractivity contribution in [3.63, 3.8) is 0 Å². The predicted octanol–water partition coefficient (Wildman–Crippen LogP) is 5.66. The maximum absolute atomic E-state index is 15.9. The Morgan fingerprint density at radius 3 is 2.38 bits per heavy atom. The molecule has 14 nitrogen and oxygen atoms in total. The van der Waals surface area contributed by atoms with Crippen molar-refractivity contribution in [2.45, 2.75) is 63.8 Å². The molecule has 3 fully saturated rings. The molecule has 2 N–H and O–H groups in total. The molecule has 3 aromatic carbocycles. The summed E-state index contributed by atoms with van der Waals surface area (Å²) in [4.78, 5) is 71.1. The molecule has 2 aromatic heterocycles. The number of nitrogens with zero attached hydrogens (tertiary/aromatic N) is 8. The minimum Gasteiger partial charge on any atom is -0.369 e. The summed E-state index contributed by atoms with van der Waals surface area (Å²) < 4.78 is 18.0. The number of halogens is 1. The summed E-state index contributed by atoms with van der Waals surface area (Å²) in [5.74, 6) is -1.52. The average molecular weight is 843 g/mol. The molecule has 5 aromatic rings. The van der Waals surface area contributed by atoms with Crippen LogP contribution in [-0.4, -0.2) is 105 Å². The summed E-state index contributed by atoms with van der Waals surface area (Å²) in [6, 6.07) is 18.6. The van der Waals surface area contributed by atoms with Crippen LogP contribution in [0.4, 0.5) is 25.7 Å². The normalized spacial score (nSPS) is 19.3. The Bertz CT molecular complexity index is 2460. The predicted molar refractivity (Wildman–Crippen MR) is 230 cm³/mol. The number of anilines is 3. The van der Waals surface area contributed by atoms with Crippen LogP contribution in [-0.2, 0) is 35.6 Å². The quantitative estimate of drug-likeness (QED) is 0.183. The molecule has 3 saturated heterocycles. The van der Waals surface area contributed by atoms with Crippen LogP contribution in [0.2, 0.25) is 0 Å². The standard InChI is InChI=1S/C45H47FN10O4S/c46-37-25-31(24-35-36(37)27-56(43(35)59)41(42(58)50-44-47-14-23-61-44)40-38-2-1-15-54(38)28-48-40)30-5-9-32(10-6-30)52-19-21-53(22-20-52)33-11-16-51(17-12-33)26-29-3-7-34(8-4-29)55-18-13-39(57)49-45(55)60/h3-10,14,23-25,28,33,41H,1-2,11-13,15-22,26-27H2,(H,47,50,58)(H,49,57,60). The van der Waals surface area contributed by atoms with Gasteiger partial charge in [0, 0.05) is 98.0 Å². The van der Waals surface area contributed by atoms with E-state index in [1.165, 1.54) is 27.9 Å². The highest BCUT2D eigenvalue weighted by Crippen LogP contribution is 2.38. The fourth-order valence-electron chi connectivity index (χ4n) is 9.67. The van der Waals surface area contributed by atoms with E-state index in [0.29, 0.717) is 35.4 Å². The first kappa shape index (κ1) is 39.2. The van der Waals surface area contributed by atoms with Crippen LogP contribution in [0.25, 0.3) is 11.1 Å². The molecule has 0 saturated carbocycles. The lowest BCUT2D eigenvalue weighted by molar-refractivity contribution is -0.121. The first-order valence-electron chi connectivity index (χ1n) is 21.2. The number of likely N-dealkylation sites (tertiary alicyclic amines) is 1. The molecule has 1 atom stereocenters. The lowest BCUT2D eigenvalue weighted by atomic mass is 9.99. The molecule has 0 spiro atoms. The van der Waals surface area contributed by atoms with E-state index in [-0.39, 0.29) is 29.6 Å². The van der Waals surface area contributed by atoms with Crippen molar-refractivity contribution in [3.8, 4) is 11.1 Å². The van der Waals surface area contributed by atoms with E-state index in [0.717, 1.165) is 101 Å². The van der Waals surface area contributed by atoms with Gasteiger partial charge in [-0.25, -0.2) is 19.2 Å². The summed E-state index contributed by atoms with van der Waals surface area (Å²) in [6.07, 6.45) is 7.57. The highest BCUT2D eigenvalue weighted by atomic mass is 32.1. The number of piperazine rings is 1. The Labute approximate surface area is 357 Å². The number of nitrogens with one attached hydrogen (secondary N) is 2. The van der Waals surface area contributed by atoms with Crippen LogP contribution in [0.15, 0.2) is 78.6 Å². The second kappa shape index (κ2) is 16.5. The Morgan fingerprint density at radius 2 is 1.64 bits per heavy atom. The van der Waals surface area contributed by atoms with Gasteiger partial charge in [-0.05, 0) is 91.9 Å². The number of fused-ring (bicyclic) bond motifs is 2. The number of carbonyl (C=O) groups excluding carboxylic acids is 4. The zero-order valence-corrected chi connectivity index (χ0v) is 34.6. The number of aromatic nitrogens is 3. The number of thiazole rings is 1. The summed E-state index contributed by atoms with van der Waals surface area (Å²) in [5, 5.41) is 7.44. The van der Waals surface area contributed by atoms with E-state index in [9.17, 15) is 19.2 Å². The van der Waals surface area contributed by atoms with E-state index in [1.807, 2.05) is 28.8 Å². The van der Waals surface area contributed by atoms with Gasteiger partial charge >= 0.3 is 6.03 Å². The second-order valence-electron chi connectivity index (χ2n) is 16.5. The van der Waals surface area contributed by atoms with Gasteiger partial charge in [0.2, 0.25) is 5.91 Å². The van der Waals surface area contributed by atoms with Crippen molar-refractivity contribution in [2.75, 3.05) is 60.9 Å². The van der Waals surface area contributed by atoms with Crippen LogP contribution in [0.1, 0.15) is 64.6 Å². The number of aryl methyl sites for hydroxylation is 1. The van der Waals surface area contributed by atoms with Crippen molar-refractivity contribution in [1.82, 2.24) is 34.6 Å². The lowest BCUT2D eigenvalue weighted by Crippen LogP contribution is -2.53. The molecule has 1 unspecified atom stereocenters. The van der Waals surface area contributed by atoms with Gasteiger partial charge in [0.1, 0.15) is 5.82 Å². The van der Waals surface area contributed by atoms with Gasteiger partial charge in [0.15, 0.2) is 11.2 Å². The number of piperidine rings is 1. The molecule has 10 rings (SSSR count). The maximum atomic E-state index is 15.9. The van der Waals surface area contributed by atoms with Crippen molar-refractivity contribution in [2.24, 2.45) is 0 Å². The molecule has 5 amide bonds. The van der Waals surface area contributed by atoms with Crippen LogP contribution >= 0.6 is 11.3 Å². The van der Waals surface area contributed by atoms with Gasteiger partial charge in [-0.3, -0.25) is 39.7 Å². The van der Waals surface area contributed by atoms with Gasteiger partial charge in [0.05, 0.1) is 18.6 Å². The molecule has 5 aliphatic rings. The molecule has 0 radical (unpaired) electrons. The van der Waals surface area contributed by atoms with E-state index in [1.54, 1.807) is 28.9 Å². The van der Waals surface area contributed by atoms with E-state index in [2.05, 4.69) is 59.6 Å². The zero-order chi connectivity index (χ0) is 41.6. The number of rotatable bonds is 10. The minimum absolute atomic E-state index is 0.0324. The summed E-state index contributed by atoms with van der Waals surface area (Å²) in [6.45, 7) is 7.93. The fraction of sp³-hybridized carbons (Fsp3) is 0.378. The first-order chi connectivity index (χ1) is 29.8. The molecule has 61 heavy (non-hydrogen) atoms. The van der Waals surface area contributed by atoms with Gasteiger partial charge in [-0.1, -0.05) is 24.3 Å². The van der Waals surface area contributed by atoms with Crippen molar-refractivity contribution in [1.29, 1.82) is 0 Å². The third-order valence-corrected chi connectivity index (χ3v) is 13.6. The van der Waals surface area contributed by atoms with E-state index >= 15 is 4.39 Å². The summed E-state index contributed by atoms with van der Waals surface area (Å²) in [7, 11) is 0. The van der Waals surface area contributed by atoms with Gasteiger partial charge in [-0.15, -0.1) is 11.3 Å². The Kier molecular flexibility index (Phi) is 10.6. The van der Waals surface area contributed by atoms with Gasteiger partial charge in [0.25, 0.3) is 11.8 Å². The molecular weight excluding hydrogens is 796 g/mol. The zero-order valence-electron chi connectivity index (χ0n) is 33.8. The van der Waals surface area contributed by atoms with Crippen molar-refractivity contribution >= 4 is 51.6 Å². The van der Waals surface area contributed by atoms with Crippen molar-refractivity contribution in [3.05, 3.63) is 112 Å². The highest BCUT2D eigenvalue weighted by Gasteiger charge is 2.42. The maximum Gasteiger partial charge on any atom is 0.328 e. The van der Waals surface area contributed by atoms with Gasteiger partial charge in [-0.2, -0.15) is 0 Å².